The van der Waals surface area contributed by atoms with E-state index in [1.807, 2.05) is 45.0 Å². The van der Waals surface area contributed by atoms with E-state index in [1.54, 1.807) is 9.80 Å². The lowest BCUT2D eigenvalue weighted by atomic mass is 9.96. The van der Waals surface area contributed by atoms with Gasteiger partial charge in [-0.15, -0.1) is 0 Å². The molecule has 176 valence electrons. The van der Waals surface area contributed by atoms with Crippen molar-refractivity contribution in [1.29, 1.82) is 0 Å². The first-order valence-corrected chi connectivity index (χ1v) is 11.5. The van der Waals surface area contributed by atoms with E-state index in [0.717, 1.165) is 18.8 Å². The first-order chi connectivity index (χ1) is 15.1. The second-order valence-electron chi connectivity index (χ2n) is 9.30. The third-order valence-electron chi connectivity index (χ3n) is 5.76. The molecule has 32 heavy (non-hydrogen) atoms. The molecule has 9 heteroatoms. The summed E-state index contributed by atoms with van der Waals surface area (Å²) in [6.07, 6.45) is 0.794. The monoisotopic (exact) mass is 464 g/mol. The summed E-state index contributed by atoms with van der Waals surface area (Å²) in [4.78, 5) is 42.9. The third-order valence-corrected chi connectivity index (χ3v) is 6.01. The summed E-state index contributed by atoms with van der Waals surface area (Å²) in [7, 11) is 0. The second-order valence-corrected chi connectivity index (χ2v) is 9.74. The van der Waals surface area contributed by atoms with Gasteiger partial charge < -0.3 is 24.8 Å². The van der Waals surface area contributed by atoms with Gasteiger partial charge in [0.1, 0.15) is 5.60 Å². The fourth-order valence-corrected chi connectivity index (χ4v) is 4.06. The van der Waals surface area contributed by atoms with Crippen LogP contribution in [0.2, 0.25) is 5.02 Å². The van der Waals surface area contributed by atoms with Crippen LogP contribution in [0.15, 0.2) is 24.3 Å². The SMILES string of the molecule is CC(C)(C)OC(=O)N1CCC(C(=O)NCC(=O)N2CCN(c3ccc(Cl)cc3)CC2)CC1. The quantitative estimate of drug-likeness (QED) is 0.740. The number of piperazine rings is 1. The number of carbonyl (C=O) groups excluding carboxylic acids is 3. The Balaban J connectivity index is 1.37. The Morgan fingerprint density at radius 2 is 1.56 bits per heavy atom. The van der Waals surface area contributed by atoms with E-state index in [4.69, 9.17) is 16.3 Å². The van der Waals surface area contributed by atoms with E-state index in [2.05, 4.69) is 10.2 Å². The number of likely N-dealkylation sites (tertiary alicyclic amines) is 1. The first-order valence-electron chi connectivity index (χ1n) is 11.2. The second kappa shape index (κ2) is 10.4. The fraction of sp³-hybridized carbons (Fsp3) is 0.609. The molecular formula is C23H33ClN4O4. The number of piperidine rings is 1. The lowest BCUT2D eigenvalue weighted by molar-refractivity contribution is -0.134. The highest BCUT2D eigenvalue weighted by molar-refractivity contribution is 6.30. The molecule has 2 saturated heterocycles. The van der Waals surface area contributed by atoms with Gasteiger partial charge >= 0.3 is 6.09 Å². The Morgan fingerprint density at radius 3 is 2.12 bits per heavy atom. The van der Waals surface area contributed by atoms with E-state index in [1.165, 1.54) is 0 Å². The van der Waals surface area contributed by atoms with E-state index in [9.17, 15) is 14.4 Å². The third kappa shape index (κ3) is 6.76. The first kappa shape index (κ1) is 24.2. The molecule has 0 saturated carbocycles. The number of halogens is 1. The molecule has 1 aromatic carbocycles. The number of hydrogen-bond donors (Lipinski definition) is 1. The van der Waals surface area contributed by atoms with Crippen molar-refractivity contribution in [3.05, 3.63) is 29.3 Å². The maximum atomic E-state index is 12.6. The van der Waals surface area contributed by atoms with Gasteiger partial charge in [0.2, 0.25) is 11.8 Å². The van der Waals surface area contributed by atoms with Crippen molar-refractivity contribution in [1.82, 2.24) is 15.1 Å². The fourth-order valence-electron chi connectivity index (χ4n) is 3.94. The number of nitrogens with one attached hydrogen (secondary N) is 1. The number of anilines is 1. The van der Waals surface area contributed by atoms with E-state index in [-0.39, 0.29) is 30.4 Å². The molecule has 0 spiro atoms. The summed E-state index contributed by atoms with van der Waals surface area (Å²) in [6.45, 7) is 9.18. The lowest BCUT2D eigenvalue weighted by Crippen LogP contribution is -2.52. The van der Waals surface area contributed by atoms with Crippen LogP contribution in [0.4, 0.5) is 10.5 Å². The molecule has 8 nitrogen and oxygen atoms in total. The smallest absolute Gasteiger partial charge is 0.410 e. The van der Waals surface area contributed by atoms with Crippen molar-refractivity contribution in [2.75, 3.05) is 50.7 Å². The number of carbonyl (C=O) groups is 3. The standard InChI is InChI=1S/C23H33ClN4O4/c1-23(2,3)32-22(31)28-10-8-17(9-11-28)21(30)25-16-20(29)27-14-12-26(13-15-27)19-6-4-18(24)5-7-19/h4-7,17H,8-16H2,1-3H3,(H,25,30). The zero-order valence-corrected chi connectivity index (χ0v) is 19.9. The van der Waals surface area contributed by atoms with Crippen LogP contribution in [0.1, 0.15) is 33.6 Å². The summed E-state index contributed by atoms with van der Waals surface area (Å²) in [5.41, 5.74) is 0.555. The van der Waals surface area contributed by atoms with Crippen molar-refractivity contribution in [2.24, 2.45) is 5.92 Å². The Morgan fingerprint density at radius 1 is 0.969 bits per heavy atom. The van der Waals surface area contributed by atoms with Crippen molar-refractivity contribution in [3.63, 3.8) is 0 Å². The molecule has 0 aromatic heterocycles. The van der Waals surface area contributed by atoms with Crippen molar-refractivity contribution in [2.45, 2.75) is 39.2 Å². The summed E-state index contributed by atoms with van der Waals surface area (Å²) >= 11 is 5.95. The molecule has 0 bridgehead atoms. The molecule has 0 radical (unpaired) electrons. The van der Waals surface area contributed by atoms with Gasteiger partial charge in [-0.25, -0.2) is 4.79 Å². The average Bonchev–Trinajstić information content (AvgIpc) is 2.77. The highest BCUT2D eigenvalue weighted by Crippen LogP contribution is 2.21. The van der Waals surface area contributed by atoms with E-state index >= 15 is 0 Å². The van der Waals surface area contributed by atoms with E-state index < -0.39 is 5.60 Å². The Bertz CT molecular complexity index is 808. The lowest BCUT2D eigenvalue weighted by Gasteiger charge is -2.36. The Kier molecular flexibility index (Phi) is 7.87. The van der Waals surface area contributed by atoms with Gasteiger partial charge in [0.15, 0.2) is 0 Å². The molecule has 1 N–H and O–H groups in total. The topological polar surface area (TPSA) is 82.2 Å². The minimum absolute atomic E-state index is 0.00601. The van der Waals surface area contributed by atoms with Gasteiger partial charge in [-0.1, -0.05) is 11.6 Å². The number of amides is 3. The van der Waals surface area contributed by atoms with Crippen LogP contribution in [0.25, 0.3) is 0 Å². The molecule has 3 amide bonds. The van der Waals surface area contributed by atoms with Gasteiger partial charge in [-0.05, 0) is 57.9 Å². The van der Waals surface area contributed by atoms with Gasteiger partial charge in [0.05, 0.1) is 6.54 Å². The predicted octanol–water partition coefficient (Wildman–Crippen LogP) is 2.75. The van der Waals surface area contributed by atoms with Crippen molar-refractivity contribution < 1.29 is 19.1 Å². The normalized spacial score (nSPS) is 17.8. The molecule has 0 atom stereocenters. The summed E-state index contributed by atoms with van der Waals surface area (Å²) < 4.78 is 5.39. The van der Waals surface area contributed by atoms with Crippen LogP contribution in [0, 0.1) is 5.92 Å². The largest absolute Gasteiger partial charge is 0.444 e. The highest BCUT2D eigenvalue weighted by Gasteiger charge is 2.30. The van der Waals surface area contributed by atoms with Crippen LogP contribution in [-0.2, 0) is 14.3 Å². The van der Waals surface area contributed by atoms with Gasteiger partial charge in [0.25, 0.3) is 0 Å². The summed E-state index contributed by atoms with van der Waals surface area (Å²) in [6, 6.07) is 7.69. The van der Waals surface area contributed by atoms with Gasteiger partial charge in [0, 0.05) is 55.9 Å². The van der Waals surface area contributed by atoms with Crippen molar-refractivity contribution >= 4 is 35.2 Å². The Hall–Kier alpha value is -2.48. The molecular weight excluding hydrogens is 432 g/mol. The van der Waals surface area contributed by atoms with Gasteiger partial charge in [-0.2, -0.15) is 0 Å². The maximum absolute atomic E-state index is 12.6. The molecule has 0 aliphatic carbocycles. The van der Waals surface area contributed by atoms with E-state index in [0.29, 0.717) is 44.0 Å². The average molecular weight is 465 g/mol. The van der Waals surface area contributed by atoms with Crippen molar-refractivity contribution in [3.8, 4) is 0 Å². The number of rotatable bonds is 4. The molecule has 3 rings (SSSR count). The number of hydrogen-bond acceptors (Lipinski definition) is 5. The molecule has 0 unspecified atom stereocenters. The molecule has 2 fully saturated rings. The zero-order chi connectivity index (χ0) is 23.3. The van der Waals surface area contributed by atoms with Crippen LogP contribution in [0.3, 0.4) is 0 Å². The van der Waals surface area contributed by atoms with Crippen LogP contribution < -0.4 is 10.2 Å². The maximum Gasteiger partial charge on any atom is 0.410 e. The molecule has 2 aliphatic heterocycles. The minimum Gasteiger partial charge on any atom is -0.444 e. The zero-order valence-electron chi connectivity index (χ0n) is 19.1. The molecule has 1 aromatic rings. The predicted molar refractivity (Wildman–Crippen MR) is 124 cm³/mol. The number of nitrogens with zero attached hydrogens (tertiary/aromatic N) is 3. The minimum atomic E-state index is -0.536. The highest BCUT2D eigenvalue weighted by atomic mass is 35.5. The Labute approximate surface area is 194 Å². The van der Waals surface area contributed by atoms with Crippen LogP contribution >= 0.6 is 11.6 Å². The summed E-state index contributed by atoms with van der Waals surface area (Å²) in [5, 5.41) is 3.49. The summed E-state index contributed by atoms with van der Waals surface area (Å²) in [5.74, 6) is -0.384. The molecule has 2 aliphatic rings. The van der Waals surface area contributed by atoms with Crippen LogP contribution in [-0.4, -0.2) is 79.1 Å². The van der Waals surface area contributed by atoms with Gasteiger partial charge in [-0.3, -0.25) is 9.59 Å². The number of ether oxygens (including phenoxy) is 1. The molecule has 2 heterocycles. The van der Waals surface area contributed by atoms with Crippen LogP contribution in [0.5, 0.6) is 0 Å². The number of benzene rings is 1.